The predicted octanol–water partition coefficient (Wildman–Crippen LogP) is 1.22. The molecule has 0 fully saturated rings. The monoisotopic (exact) mass is 352 g/mol. The van der Waals surface area contributed by atoms with Gasteiger partial charge in [0.25, 0.3) is 0 Å². The molecule has 0 bridgehead atoms. The average molecular weight is 352 g/mol. The number of anilines is 2. The Kier molecular flexibility index (Phi) is 5.07. The lowest BCUT2D eigenvalue weighted by Crippen LogP contribution is -2.14. The Morgan fingerprint density at radius 3 is 2.73 bits per heavy atom. The van der Waals surface area contributed by atoms with E-state index in [4.69, 9.17) is 10.6 Å². The van der Waals surface area contributed by atoms with Crippen LogP contribution in [0.25, 0.3) is 0 Å². The van der Waals surface area contributed by atoms with Gasteiger partial charge in [-0.3, -0.25) is 0 Å². The Bertz CT molecular complexity index is 918. The smallest absolute Gasteiger partial charge is 0.204 e. The molecule has 0 spiro atoms. The molecular weight excluding hydrogens is 332 g/mol. The van der Waals surface area contributed by atoms with Crippen LogP contribution in [0.5, 0.6) is 0 Å². The molecule has 0 amide bonds. The fourth-order valence-electron chi connectivity index (χ4n) is 2.33. The molecule has 134 valence electrons. The second-order valence-corrected chi connectivity index (χ2v) is 5.84. The van der Waals surface area contributed by atoms with E-state index in [2.05, 4.69) is 25.7 Å². The maximum Gasteiger partial charge on any atom is 0.204 e. The highest BCUT2D eigenvalue weighted by Crippen LogP contribution is 2.17. The standard InChI is InChI=1S/C17H20N8O/c1-24(2)14-8-4-6-12(10-14)16(17-20-22-23-25(17)3)21-26-11-13-7-5-9-15(18)19-13/h4-10H,11H2,1-3H3,(H2,18,19). The first-order valence-corrected chi connectivity index (χ1v) is 7.96. The Labute approximate surface area is 151 Å². The number of nitrogens with zero attached hydrogens (tertiary/aromatic N) is 7. The van der Waals surface area contributed by atoms with Crippen LogP contribution in [0.4, 0.5) is 11.5 Å². The molecule has 3 rings (SSSR count). The molecule has 1 aromatic carbocycles. The number of hydrogen-bond acceptors (Lipinski definition) is 8. The number of tetrazole rings is 1. The van der Waals surface area contributed by atoms with Crippen molar-refractivity contribution < 1.29 is 4.84 Å². The number of nitrogens with two attached hydrogens (primary N) is 1. The van der Waals surface area contributed by atoms with E-state index in [-0.39, 0.29) is 6.61 Å². The molecule has 2 N–H and O–H groups in total. The molecule has 26 heavy (non-hydrogen) atoms. The number of hydrogen-bond donors (Lipinski definition) is 1. The number of aromatic nitrogens is 5. The van der Waals surface area contributed by atoms with Crippen LogP contribution in [0.1, 0.15) is 17.1 Å². The van der Waals surface area contributed by atoms with Gasteiger partial charge in [-0.15, -0.1) is 5.10 Å². The van der Waals surface area contributed by atoms with Crippen LogP contribution >= 0.6 is 0 Å². The Balaban J connectivity index is 1.91. The average Bonchev–Trinajstić information content (AvgIpc) is 3.04. The van der Waals surface area contributed by atoms with Crippen LogP contribution in [-0.4, -0.2) is 45.0 Å². The SMILES string of the molecule is CN(C)c1cccc(C(=NOCc2cccc(N)n2)c2nnnn2C)c1. The van der Waals surface area contributed by atoms with Crippen molar-refractivity contribution in [2.45, 2.75) is 6.61 Å². The second kappa shape index (κ2) is 7.60. The first kappa shape index (κ1) is 17.3. The Hall–Kier alpha value is -3.49. The normalized spacial score (nSPS) is 11.4. The second-order valence-electron chi connectivity index (χ2n) is 5.84. The third-order valence-electron chi connectivity index (χ3n) is 3.66. The van der Waals surface area contributed by atoms with Crippen molar-refractivity contribution in [2.24, 2.45) is 12.2 Å². The van der Waals surface area contributed by atoms with Gasteiger partial charge in [-0.25, -0.2) is 9.67 Å². The third kappa shape index (κ3) is 3.94. The quantitative estimate of drug-likeness (QED) is 0.525. The van der Waals surface area contributed by atoms with Crippen LogP contribution < -0.4 is 10.6 Å². The highest BCUT2D eigenvalue weighted by atomic mass is 16.6. The summed E-state index contributed by atoms with van der Waals surface area (Å²) in [5.41, 5.74) is 8.78. The van der Waals surface area contributed by atoms with Crippen molar-refractivity contribution >= 4 is 17.2 Å². The van der Waals surface area contributed by atoms with E-state index in [9.17, 15) is 0 Å². The van der Waals surface area contributed by atoms with Gasteiger partial charge in [0.15, 0.2) is 12.3 Å². The van der Waals surface area contributed by atoms with E-state index < -0.39 is 0 Å². The van der Waals surface area contributed by atoms with E-state index in [1.165, 1.54) is 0 Å². The zero-order chi connectivity index (χ0) is 18.5. The fraction of sp³-hybridized carbons (Fsp3) is 0.235. The minimum Gasteiger partial charge on any atom is -0.389 e. The molecular formula is C17H20N8O. The van der Waals surface area contributed by atoms with Crippen molar-refractivity contribution in [3.8, 4) is 0 Å². The highest BCUT2D eigenvalue weighted by molar-refractivity contribution is 6.10. The minimum absolute atomic E-state index is 0.188. The van der Waals surface area contributed by atoms with Crippen LogP contribution in [0.2, 0.25) is 0 Å². The van der Waals surface area contributed by atoms with Gasteiger partial charge in [0, 0.05) is 32.4 Å². The summed E-state index contributed by atoms with van der Waals surface area (Å²) in [7, 11) is 5.70. The number of pyridine rings is 1. The molecule has 0 aliphatic carbocycles. The zero-order valence-corrected chi connectivity index (χ0v) is 14.9. The Morgan fingerprint density at radius 2 is 2.04 bits per heavy atom. The van der Waals surface area contributed by atoms with Crippen molar-refractivity contribution in [3.05, 3.63) is 59.5 Å². The molecule has 2 aromatic heterocycles. The summed E-state index contributed by atoms with van der Waals surface area (Å²) < 4.78 is 1.54. The number of aryl methyl sites for hydroxylation is 1. The molecule has 0 saturated carbocycles. The molecule has 0 radical (unpaired) electrons. The lowest BCUT2D eigenvalue weighted by molar-refractivity contribution is 0.128. The Morgan fingerprint density at radius 1 is 1.23 bits per heavy atom. The first-order valence-electron chi connectivity index (χ1n) is 7.96. The lowest BCUT2D eigenvalue weighted by atomic mass is 10.1. The van der Waals surface area contributed by atoms with Gasteiger partial charge >= 0.3 is 0 Å². The molecule has 0 atom stereocenters. The first-order chi connectivity index (χ1) is 12.5. The minimum atomic E-state index is 0.188. The number of rotatable bonds is 6. The maximum atomic E-state index is 5.69. The summed E-state index contributed by atoms with van der Waals surface area (Å²) in [6.45, 7) is 0.188. The molecule has 3 aromatic rings. The number of oxime groups is 1. The van der Waals surface area contributed by atoms with Gasteiger partial charge in [0.1, 0.15) is 5.82 Å². The highest BCUT2D eigenvalue weighted by Gasteiger charge is 2.16. The third-order valence-corrected chi connectivity index (χ3v) is 3.66. The fourth-order valence-corrected chi connectivity index (χ4v) is 2.33. The topological polar surface area (TPSA) is 107 Å². The van der Waals surface area contributed by atoms with Gasteiger partial charge in [-0.1, -0.05) is 23.4 Å². The van der Waals surface area contributed by atoms with Crippen LogP contribution in [0.15, 0.2) is 47.6 Å². The van der Waals surface area contributed by atoms with Crippen molar-refractivity contribution in [3.63, 3.8) is 0 Å². The molecule has 0 aliphatic rings. The van der Waals surface area contributed by atoms with Crippen LogP contribution in [0.3, 0.4) is 0 Å². The van der Waals surface area contributed by atoms with Gasteiger partial charge < -0.3 is 15.5 Å². The molecule has 0 saturated heterocycles. The maximum absolute atomic E-state index is 5.69. The van der Waals surface area contributed by atoms with Crippen molar-refractivity contribution in [1.29, 1.82) is 0 Å². The predicted molar refractivity (Wildman–Crippen MR) is 98.6 cm³/mol. The summed E-state index contributed by atoms with van der Waals surface area (Å²) in [6, 6.07) is 13.2. The molecule has 9 heteroatoms. The van der Waals surface area contributed by atoms with Gasteiger partial charge in [0.05, 0.1) is 5.69 Å². The number of benzene rings is 1. The molecule has 2 heterocycles. The van der Waals surface area contributed by atoms with E-state index in [1.54, 1.807) is 17.8 Å². The van der Waals surface area contributed by atoms with E-state index in [1.807, 2.05) is 55.4 Å². The molecule has 0 aliphatic heterocycles. The molecule has 0 unspecified atom stereocenters. The van der Waals surface area contributed by atoms with Gasteiger partial charge in [-0.2, -0.15) is 0 Å². The van der Waals surface area contributed by atoms with E-state index in [0.717, 1.165) is 11.3 Å². The zero-order valence-electron chi connectivity index (χ0n) is 14.9. The van der Waals surface area contributed by atoms with Crippen LogP contribution in [0, 0.1) is 0 Å². The van der Waals surface area contributed by atoms with Crippen LogP contribution in [-0.2, 0) is 18.5 Å². The van der Waals surface area contributed by atoms with E-state index in [0.29, 0.717) is 23.0 Å². The summed E-state index contributed by atoms with van der Waals surface area (Å²) in [5.74, 6) is 0.938. The largest absolute Gasteiger partial charge is 0.389 e. The summed E-state index contributed by atoms with van der Waals surface area (Å²) in [6.07, 6.45) is 0. The van der Waals surface area contributed by atoms with E-state index >= 15 is 0 Å². The van der Waals surface area contributed by atoms with Crippen molar-refractivity contribution in [2.75, 3.05) is 24.7 Å². The van der Waals surface area contributed by atoms with Gasteiger partial charge in [0.2, 0.25) is 5.82 Å². The summed E-state index contributed by atoms with van der Waals surface area (Å²) in [4.78, 5) is 11.7. The van der Waals surface area contributed by atoms with Crippen molar-refractivity contribution in [1.82, 2.24) is 25.2 Å². The lowest BCUT2D eigenvalue weighted by Gasteiger charge is -2.14. The number of nitrogen functional groups attached to an aromatic ring is 1. The van der Waals surface area contributed by atoms with Gasteiger partial charge in [-0.05, 0) is 34.7 Å². The summed E-state index contributed by atoms with van der Waals surface area (Å²) in [5, 5.41) is 15.9. The molecule has 9 nitrogen and oxygen atoms in total. The summed E-state index contributed by atoms with van der Waals surface area (Å²) >= 11 is 0.